The van der Waals surface area contributed by atoms with E-state index >= 15 is 0 Å². The van der Waals surface area contributed by atoms with E-state index in [2.05, 4.69) is 10.6 Å². The molecule has 0 aromatic rings. The van der Waals surface area contributed by atoms with Crippen LogP contribution in [0.4, 0.5) is 4.79 Å². The van der Waals surface area contributed by atoms with Crippen molar-refractivity contribution in [1.29, 1.82) is 0 Å². The molecule has 1 heterocycles. The average molecular weight is 216 g/mol. The summed E-state index contributed by atoms with van der Waals surface area (Å²) in [6, 6.07) is -0.478. The number of urea groups is 1. The van der Waals surface area contributed by atoms with E-state index in [-0.39, 0.29) is 12.1 Å². The molecule has 3 N–H and O–H groups in total. The number of hydrogen-bond acceptors (Lipinski definition) is 3. The molecule has 86 valence electrons. The molecule has 2 amide bonds. The Bertz CT molecular complexity index is 248. The first-order valence-electron chi connectivity index (χ1n) is 4.89. The van der Waals surface area contributed by atoms with Crippen LogP contribution in [0.2, 0.25) is 0 Å². The number of carbonyl (C=O) groups excluding carboxylic acids is 1. The summed E-state index contributed by atoms with van der Waals surface area (Å²) in [7, 11) is 0. The number of ether oxygens (including phenoxy) is 1. The van der Waals surface area contributed by atoms with Gasteiger partial charge < -0.3 is 20.5 Å². The summed E-state index contributed by atoms with van der Waals surface area (Å²) in [6.45, 7) is 2.67. The van der Waals surface area contributed by atoms with E-state index in [1.165, 1.54) is 0 Å². The minimum Gasteiger partial charge on any atom is -0.480 e. The maximum absolute atomic E-state index is 11.1. The van der Waals surface area contributed by atoms with Gasteiger partial charge in [0.15, 0.2) is 0 Å². The fraction of sp³-hybridized carbons (Fsp3) is 0.778. The van der Waals surface area contributed by atoms with Gasteiger partial charge in [-0.3, -0.25) is 4.79 Å². The summed E-state index contributed by atoms with van der Waals surface area (Å²) in [5.74, 6) is -1.06. The van der Waals surface area contributed by atoms with Crippen molar-refractivity contribution in [2.24, 2.45) is 0 Å². The van der Waals surface area contributed by atoms with Gasteiger partial charge in [0.2, 0.25) is 0 Å². The lowest BCUT2D eigenvalue weighted by Crippen LogP contribution is -2.45. The summed E-state index contributed by atoms with van der Waals surface area (Å²) in [6.07, 6.45) is 1.90. The molecule has 0 saturated carbocycles. The minimum absolute atomic E-state index is 0.305. The molecule has 1 aliphatic heterocycles. The number of aliphatic carboxylic acids is 1. The maximum atomic E-state index is 11.1. The Balaban J connectivity index is 2.18. The van der Waals surface area contributed by atoms with Crippen molar-refractivity contribution in [2.75, 3.05) is 19.7 Å². The van der Waals surface area contributed by atoms with Crippen LogP contribution >= 0.6 is 0 Å². The second kappa shape index (κ2) is 4.97. The molecule has 1 fully saturated rings. The zero-order valence-corrected chi connectivity index (χ0v) is 8.71. The Morgan fingerprint density at radius 3 is 2.73 bits per heavy atom. The normalized spacial score (nSPS) is 24.9. The van der Waals surface area contributed by atoms with Crippen LogP contribution in [0.3, 0.4) is 0 Å². The van der Waals surface area contributed by atoms with Crippen molar-refractivity contribution >= 4 is 12.0 Å². The molecule has 0 radical (unpaired) electrons. The highest BCUT2D eigenvalue weighted by Crippen LogP contribution is 2.23. The predicted molar refractivity (Wildman–Crippen MR) is 52.6 cm³/mol. The number of rotatable bonds is 4. The van der Waals surface area contributed by atoms with Crippen LogP contribution in [0.15, 0.2) is 0 Å². The van der Waals surface area contributed by atoms with E-state index in [1.807, 2.05) is 6.92 Å². The number of carboxylic acids is 1. The van der Waals surface area contributed by atoms with Crippen molar-refractivity contribution in [3.8, 4) is 0 Å². The van der Waals surface area contributed by atoms with Crippen LogP contribution in [0.5, 0.6) is 0 Å². The predicted octanol–water partition coefficient (Wildman–Crippen LogP) is -0.0607. The van der Waals surface area contributed by atoms with Crippen LogP contribution in [0.25, 0.3) is 0 Å². The molecule has 0 aliphatic carbocycles. The van der Waals surface area contributed by atoms with Crippen molar-refractivity contribution in [3.05, 3.63) is 0 Å². The van der Waals surface area contributed by atoms with Crippen LogP contribution in [0, 0.1) is 0 Å². The van der Waals surface area contributed by atoms with E-state index in [1.54, 1.807) is 0 Å². The van der Waals surface area contributed by atoms with Gasteiger partial charge in [-0.25, -0.2) is 4.79 Å². The molecule has 6 heteroatoms. The van der Waals surface area contributed by atoms with Crippen molar-refractivity contribution < 1.29 is 19.4 Å². The van der Waals surface area contributed by atoms with Crippen LogP contribution in [-0.2, 0) is 9.53 Å². The van der Waals surface area contributed by atoms with Gasteiger partial charge in [0.1, 0.15) is 6.54 Å². The third-order valence-electron chi connectivity index (χ3n) is 2.32. The van der Waals surface area contributed by atoms with Gasteiger partial charge in [0.25, 0.3) is 0 Å². The van der Waals surface area contributed by atoms with Gasteiger partial charge in [-0.05, 0) is 19.8 Å². The molecule has 0 spiro atoms. The molecule has 0 aromatic carbocycles. The lowest BCUT2D eigenvalue weighted by atomic mass is 10.0. The Labute approximate surface area is 88.0 Å². The highest BCUT2D eigenvalue weighted by molar-refractivity contribution is 5.79. The van der Waals surface area contributed by atoms with Gasteiger partial charge in [-0.15, -0.1) is 0 Å². The Morgan fingerprint density at radius 1 is 1.47 bits per heavy atom. The first-order valence-corrected chi connectivity index (χ1v) is 4.89. The SMILES string of the molecule is CC1(CNC(=O)NCC(=O)O)CCCO1. The molecule has 15 heavy (non-hydrogen) atoms. The first-order chi connectivity index (χ1) is 7.02. The topological polar surface area (TPSA) is 87.7 Å². The molecular formula is C9H16N2O4. The first kappa shape index (κ1) is 11.8. The quantitative estimate of drug-likeness (QED) is 0.614. The van der Waals surface area contributed by atoms with Gasteiger partial charge in [0.05, 0.1) is 5.60 Å². The monoisotopic (exact) mass is 216 g/mol. The maximum Gasteiger partial charge on any atom is 0.323 e. The van der Waals surface area contributed by atoms with Gasteiger partial charge >= 0.3 is 12.0 Å². The summed E-state index contributed by atoms with van der Waals surface area (Å²) < 4.78 is 5.46. The Hall–Kier alpha value is -1.30. The molecule has 1 atom stereocenters. The van der Waals surface area contributed by atoms with Crippen molar-refractivity contribution in [2.45, 2.75) is 25.4 Å². The van der Waals surface area contributed by atoms with E-state index in [0.717, 1.165) is 19.4 Å². The molecule has 6 nitrogen and oxygen atoms in total. The highest BCUT2D eigenvalue weighted by Gasteiger charge is 2.29. The largest absolute Gasteiger partial charge is 0.480 e. The van der Waals surface area contributed by atoms with Crippen molar-refractivity contribution in [3.63, 3.8) is 0 Å². The standard InChI is InChI=1S/C9H16N2O4/c1-9(3-2-4-15-9)6-11-8(14)10-5-7(12)13/h2-6H2,1H3,(H,12,13)(H2,10,11,14). The summed E-state index contributed by atoms with van der Waals surface area (Å²) in [5, 5.41) is 13.1. The molecule has 0 bridgehead atoms. The third kappa shape index (κ3) is 4.16. The lowest BCUT2D eigenvalue weighted by molar-refractivity contribution is -0.135. The Kier molecular flexibility index (Phi) is 3.90. The number of carboxylic acid groups (broad SMARTS) is 1. The summed E-state index contributed by atoms with van der Waals surface area (Å²) >= 11 is 0. The van der Waals surface area contributed by atoms with E-state index in [4.69, 9.17) is 9.84 Å². The van der Waals surface area contributed by atoms with Gasteiger partial charge in [-0.2, -0.15) is 0 Å². The second-order valence-electron chi connectivity index (χ2n) is 3.83. The highest BCUT2D eigenvalue weighted by atomic mass is 16.5. The molecular weight excluding hydrogens is 200 g/mol. The average Bonchev–Trinajstić information content (AvgIpc) is 2.60. The lowest BCUT2D eigenvalue weighted by Gasteiger charge is -2.23. The molecule has 1 aliphatic rings. The zero-order valence-electron chi connectivity index (χ0n) is 8.71. The summed E-state index contributed by atoms with van der Waals surface area (Å²) in [4.78, 5) is 21.3. The number of nitrogens with one attached hydrogen (secondary N) is 2. The third-order valence-corrected chi connectivity index (χ3v) is 2.32. The van der Waals surface area contributed by atoms with Crippen LogP contribution in [-0.4, -0.2) is 42.4 Å². The van der Waals surface area contributed by atoms with E-state index in [0.29, 0.717) is 6.54 Å². The molecule has 1 saturated heterocycles. The fourth-order valence-corrected chi connectivity index (χ4v) is 1.46. The number of hydrogen-bond donors (Lipinski definition) is 3. The van der Waals surface area contributed by atoms with Crippen LogP contribution in [0.1, 0.15) is 19.8 Å². The summed E-state index contributed by atoms with van der Waals surface area (Å²) in [5.41, 5.74) is -0.305. The molecule has 1 rings (SSSR count). The number of carbonyl (C=O) groups is 2. The van der Waals surface area contributed by atoms with Gasteiger partial charge in [0, 0.05) is 13.2 Å². The van der Waals surface area contributed by atoms with Crippen LogP contribution < -0.4 is 10.6 Å². The number of amides is 2. The zero-order chi connectivity index (χ0) is 11.3. The Morgan fingerprint density at radius 2 is 2.20 bits per heavy atom. The second-order valence-corrected chi connectivity index (χ2v) is 3.83. The smallest absolute Gasteiger partial charge is 0.323 e. The fourth-order valence-electron chi connectivity index (χ4n) is 1.46. The van der Waals surface area contributed by atoms with Gasteiger partial charge in [-0.1, -0.05) is 0 Å². The van der Waals surface area contributed by atoms with Crippen molar-refractivity contribution in [1.82, 2.24) is 10.6 Å². The minimum atomic E-state index is -1.06. The molecule has 1 unspecified atom stereocenters. The van der Waals surface area contributed by atoms with E-state index < -0.39 is 12.0 Å². The van der Waals surface area contributed by atoms with E-state index in [9.17, 15) is 9.59 Å². The molecule has 0 aromatic heterocycles.